The van der Waals surface area contributed by atoms with Crippen LogP contribution in [-0.2, 0) is 16.4 Å². The Hall–Kier alpha value is -2.93. The number of likely N-dealkylation sites (N-methyl/N-ethyl adjacent to an activating group) is 1. The zero-order valence-electron chi connectivity index (χ0n) is 15.3. The van der Waals surface area contributed by atoms with E-state index in [1.165, 1.54) is 11.8 Å². The molecule has 3 aromatic rings. The zero-order valence-corrected chi connectivity index (χ0v) is 16.1. The Labute approximate surface area is 160 Å². The van der Waals surface area contributed by atoms with Crippen LogP contribution in [0, 0.1) is 6.92 Å². The molecule has 1 N–H and O–H groups in total. The predicted molar refractivity (Wildman–Crippen MR) is 107 cm³/mol. The van der Waals surface area contributed by atoms with E-state index in [9.17, 15) is 8.42 Å². The molecule has 2 heterocycles. The quantitative estimate of drug-likeness (QED) is 0.679. The maximum absolute atomic E-state index is 12.5. The monoisotopic (exact) mass is 382 g/mol. The van der Waals surface area contributed by atoms with Crippen LogP contribution in [0.4, 0.5) is 11.5 Å². The largest absolute Gasteiger partial charge is 0.359 e. The number of anilines is 2. The first-order chi connectivity index (χ1) is 13.0. The molecule has 0 bridgehead atoms. The first-order valence-electron chi connectivity index (χ1n) is 8.60. The average Bonchev–Trinajstić information content (AvgIpc) is 2.67. The highest BCUT2D eigenvalue weighted by atomic mass is 32.2. The summed E-state index contributed by atoms with van der Waals surface area (Å²) in [5, 5.41) is 0. The summed E-state index contributed by atoms with van der Waals surface area (Å²) in [6.45, 7) is 2.57. The summed E-state index contributed by atoms with van der Waals surface area (Å²) in [4.78, 5) is 10.7. The number of benzene rings is 1. The standard InChI is InChI=1S/C20H22N4O2S/c1-16-5-3-4-6-19(16)27(25,26)23-18-7-8-20(22-15-18)24(2)14-11-17-9-12-21-13-10-17/h3-10,12-13,15,23H,11,14H2,1-2H3. The minimum Gasteiger partial charge on any atom is -0.359 e. The summed E-state index contributed by atoms with van der Waals surface area (Å²) in [7, 11) is -1.67. The summed E-state index contributed by atoms with van der Waals surface area (Å²) < 4.78 is 27.7. The molecule has 0 fully saturated rings. The van der Waals surface area contributed by atoms with E-state index < -0.39 is 10.0 Å². The molecule has 0 aliphatic rings. The first kappa shape index (κ1) is 18.8. The Bertz CT molecular complexity index is 990. The molecule has 6 nitrogen and oxygen atoms in total. The Balaban J connectivity index is 1.65. The normalized spacial score (nSPS) is 11.2. The smallest absolute Gasteiger partial charge is 0.262 e. The molecular weight excluding hydrogens is 360 g/mol. The number of nitrogens with zero attached hydrogens (tertiary/aromatic N) is 3. The van der Waals surface area contributed by atoms with Crippen LogP contribution in [0.15, 0.2) is 72.0 Å². The van der Waals surface area contributed by atoms with Gasteiger partial charge in [-0.25, -0.2) is 13.4 Å². The number of nitrogens with one attached hydrogen (secondary N) is 1. The third-order valence-corrected chi connectivity index (χ3v) is 5.80. The molecule has 0 aliphatic carbocycles. The molecule has 3 rings (SSSR count). The molecule has 0 amide bonds. The van der Waals surface area contributed by atoms with Crippen molar-refractivity contribution in [2.24, 2.45) is 0 Å². The summed E-state index contributed by atoms with van der Waals surface area (Å²) in [6.07, 6.45) is 5.97. The molecule has 0 atom stereocenters. The van der Waals surface area contributed by atoms with Crippen LogP contribution in [0.2, 0.25) is 0 Å². The van der Waals surface area contributed by atoms with Crippen molar-refractivity contribution >= 4 is 21.5 Å². The maximum Gasteiger partial charge on any atom is 0.262 e. The molecule has 1 aromatic carbocycles. The van der Waals surface area contributed by atoms with Crippen molar-refractivity contribution in [3.8, 4) is 0 Å². The van der Waals surface area contributed by atoms with Gasteiger partial charge in [-0.15, -0.1) is 0 Å². The lowest BCUT2D eigenvalue weighted by Crippen LogP contribution is -2.21. The topological polar surface area (TPSA) is 75.2 Å². The van der Waals surface area contributed by atoms with Gasteiger partial charge < -0.3 is 4.90 Å². The number of pyridine rings is 2. The molecule has 27 heavy (non-hydrogen) atoms. The van der Waals surface area contributed by atoms with Crippen molar-refractivity contribution in [2.75, 3.05) is 23.2 Å². The molecule has 140 valence electrons. The second-order valence-corrected chi connectivity index (χ2v) is 7.95. The highest BCUT2D eigenvalue weighted by Crippen LogP contribution is 2.20. The van der Waals surface area contributed by atoms with Crippen molar-refractivity contribution < 1.29 is 8.42 Å². The fourth-order valence-corrected chi connectivity index (χ4v) is 3.99. The van der Waals surface area contributed by atoms with Crippen LogP contribution in [0.5, 0.6) is 0 Å². The summed E-state index contributed by atoms with van der Waals surface area (Å²) in [5.41, 5.74) is 2.34. The van der Waals surface area contributed by atoms with E-state index in [1.807, 2.05) is 36.2 Å². The van der Waals surface area contributed by atoms with Crippen LogP contribution in [-0.4, -0.2) is 32.0 Å². The van der Waals surface area contributed by atoms with Gasteiger partial charge in [0.05, 0.1) is 16.8 Å². The van der Waals surface area contributed by atoms with Gasteiger partial charge in [0.1, 0.15) is 5.82 Å². The SMILES string of the molecule is Cc1ccccc1S(=O)(=O)Nc1ccc(N(C)CCc2ccncc2)nc1. The van der Waals surface area contributed by atoms with Crippen LogP contribution in [0.1, 0.15) is 11.1 Å². The number of sulfonamides is 1. The van der Waals surface area contributed by atoms with E-state index in [1.54, 1.807) is 43.6 Å². The van der Waals surface area contributed by atoms with E-state index in [2.05, 4.69) is 14.7 Å². The van der Waals surface area contributed by atoms with Crippen LogP contribution < -0.4 is 9.62 Å². The van der Waals surface area contributed by atoms with E-state index in [4.69, 9.17) is 0 Å². The fourth-order valence-electron chi connectivity index (χ4n) is 2.70. The number of aromatic nitrogens is 2. The second-order valence-electron chi connectivity index (χ2n) is 6.30. The third-order valence-electron chi connectivity index (χ3n) is 4.26. The molecule has 0 saturated carbocycles. The van der Waals surface area contributed by atoms with Crippen LogP contribution in [0.3, 0.4) is 0 Å². The van der Waals surface area contributed by atoms with E-state index in [0.717, 1.165) is 18.8 Å². The number of hydrogen-bond acceptors (Lipinski definition) is 5. The Morgan fingerprint density at radius 2 is 1.78 bits per heavy atom. The molecule has 0 radical (unpaired) electrons. The van der Waals surface area contributed by atoms with Gasteiger partial charge in [-0.2, -0.15) is 0 Å². The molecule has 7 heteroatoms. The Morgan fingerprint density at radius 1 is 1.04 bits per heavy atom. The maximum atomic E-state index is 12.5. The number of aryl methyl sites for hydroxylation is 1. The molecule has 0 aliphatic heterocycles. The van der Waals surface area contributed by atoms with Gasteiger partial charge in [0.15, 0.2) is 0 Å². The lowest BCUT2D eigenvalue weighted by atomic mass is 10.2. The highest BCUT2D eigenvalue weighted by Gasteiger charge is 2.16. The molecule has 2 aromatic heterocycles. The minimum atomic E-state index is -3.63. The summed E-state index contributed by atoms with van der Waals surface area (Å²) in [5.74, 6) is 0.780. The number of rotatable bonds is 7. The zero-order chi connectivity index (χ0) is 19.3. The van der Waals surface area contributed by atoms with E-state index in [-0.39, 0.29) is 4.90 Å². The van der Waals surface area contributed by atoms with Gasteiger partial charge in [-0.3, -0.25) is 9.71 Å². The summed E-state index contributed by atoms with van der Waals surface area (Å²) in [6, 6.07) is 14.4. The second kappa shape index (κ2) is 8.18. The molecule has 0 saturated heterocycles. The third kappa shape index (κ3) is 4.83. The summed E-state index contributed by atoms with van der Waals surface area (Å²) >= 11 is 0. The van der Waals surface area contributed by atoms with E-state index >= 15 is 0 Å². The highest BCUT2D eigenvalue weighted by molar-refractivity contribution is 7.92. The van der Waals surface area contributed by atoms with Crippen molar-refractivity contribution in [1.82, 2.24) is 9.97 Å². The molecular formula is C20H22N4O2S. The van der Waals surface area contributed by atoms with Gasteiger partial charge in [0.2, 0.25) is 0 Å². The Kier molecular flexibility index (Phi) is 5.71. The lowest BCUT2D eigenvalue weighted by Gasteiger charge is -2.18. The Morgan fingerprint density at radius 3 is 2.44 bits per heavy atom. The van der Waals surface area contributed by atoms with Crippen molar-refractivity contribution in [1.29, 1.82) is 0 Å². The average molecular weight is 382 g/mol. The van der Waals surface area contributed by atoms with E-state index in [0.29, 0.717) is 11.3 Å². The van der Waals surface area contributed by atoms with Gasteiger partial charge in [-0.1, -0.05) is 18.2 Å². The van der Waals surface area contributed by atoms with Gasteiger partial charge >= 0.3 is 0 Å². The predicted octanol–water partition coefficient (Wildman–Crippen LogP) is 3.26. The minimum absolute atomic E-state index is 0.267. The van der Waals surface area contributed by atoms with Crippen molar-refractivity contribution in [2.45, 2.75) is 18.2 Å². The van der Waals surface area contributed by atoms with Gasteiger partial charge in [0, 0.05) is 26.0 Å². The number of hydrogen-bond donors (Lipinski definition) is 1. The van der Waals surface area contributed by atoms with Crippen LogP contribution in [0.25, 0.3) is 0 Å². The van der Waals surface area contributed by atoms with Gasteiger partial charge in [0.25, 0.3) is 10.0 Å². The van der Waals surface area contributed by atoms with Crippen molar-refractivity contribution in [3.63, 3.8) is 0 Å². The van der Waals surface area contributed by atoms with Gasteiger partial charge in [-0.05, 0) is 54.8 Å². The molecule has 0 spiro atoms. The van der Waals surface area contributed by atoms with Crippen molar-refractivity contribution in [3.05, 3.63) is 78.2 Å². The fraction of sp³-hybridized carbons (Fsp3) is 0.200. The van der Waals surface area contributed by atoms with Crippen LogP contribution >= 0.6 is 0 Å². The molecule has 0 unspecified atom stereocenters. The first-order valence-corrected chi connectivity index (χ1v) is 10.1. The lowest BCUT2D eigenvalue weighted by molar-refractivity contribution is 0.600.